The van der Waals surface area contributed by atoms with Gasteiger partial charge < -0.3 is 10.6 Å². The predicted octanol–water partition coefficient (Wildman–Crippen LogP) is 3.68. The van der Waals surface area contributed by atoms with Crippen molar-refractivity contribution in [2.24, 2.45) is 5.73 Å². The fraction of sp³-hybridized carbons (Fsp3) is 0.471. The number of nitrogens with two attached hydrogens (primary N) is 1. The Labute approximate surface area is 169 Å². The Morgan fingerprint density at radius 2 is 1.96 bits per heavy atom. The van der Waals surface area contributed by atoms with Crippen molar-refractivity contribution in [2.45, 2.75) is 38.6 Å². The number of benzene rings is 1. The molecule has 1 aromatic heterocycles. The highest BCUT2D eigenvalue weighted by Crippen LogP contribution is 2.30. The Bertz CT molecular complexity index is 772. The molecule has 1 fully saturated rings. The summed E-state index contributed by atoms with van der Waals surface area (Å²) in [6.07, 6.45) is 1.82. The topological polar surface area (TPSA) is 77.0 Å². The fourth-order valence-electron chi connectivity index (χ4n) is 2.98. The largest absolute Gasteiger partial charge is 0.334 e. The van der Waals surface area contributed by atoms with Crippen molar-refractivity contribution in [1.82, 2.24) is 19.7 Å². The van der Waals surface area contributed by atoms with Crippen molar-refractivity contribution in [3.05, 3.63) is 39.9 Å². The van der Waals surface area contributed by atoms with Crippen LogP contribution in [0.4, 0.5) is 0 Å². The number of aromatic nitrogens is 3. The molecule has 1 atom stereocenters. The van der Waals surface area contributed by atoms with E-state index in [0.29, 0.717) is 34.6 Å². The van der Waals surface area contributed by atoms with Crippen LogP contribution in [0.15, 0.2) is 18.2 Å². The first-order chi connectivity index (χ1) is 11.9. The second-order valence-electron chi connectivity index (χ2n) is 6.58. The number of hydrogen-bond acceptors (Lipinski definition) is 4. The second kappa shape index (κ2) is 8.57. The van der Waals surface area contributed by atoms with Crippen LogP contribution < -0.4 is 5.73 Å². The van der Waals surface area contributed by atoms with Crippen LogP contribution in [0.3, 0.4) is 0 Å². The summed E-state index contributed by atoms with van der Waals surface area (Å²) < 4.78 is 1.58. The summed E-state index contributed by atoms with van der Waals surface area (Å²) in [6, 6.07) is 5.24. The van der Waals surface area contributed by atoms with E-state index in [1.54, 1.807) is 27.8 Å². The van der Waals surface area contributed by atoms with Crippen molar-refractivity contribution in [3.63, 3.8) is 0 Å². The number of halogens is 3. The Hall–Kier alpha value is -1.34. The van der Waals surface area contributed by atoms with Gasteiger partial charge in [0.15, 0.2) is 0 Å². The highest BCUT2D eigenvalue weighted by molar-refractivity contribution is 6.37. The fourth-order valence-corrected chi connectivity index (χ4v) is 3.54. The molecule has 0 spiro atoms. The summed E-state index contributed by atoms with van der Waals surface area (Å²) >= 11 is 12.6. The van der Waals surface area contributed by atoms with Gasteiger partial charge in [0.25, 0.3) is 5.91 Å². The number of amides is 1. The zero-order valence-corrected chi connectivity index (χ0v) is 17.0. The van der Waals surface area contributed by atoms with E-state index >= 15 is 0 Å². The lowest BCUT2D eigenvalue weighted by atomic mass is 10.1. The van der Waals surface area contributed by atoms with Crippen LogP contribution in [0.1, 0.15) is 49.1 Å². The normalized spacial score (nSPS) is 17.3. The van der Waals surface area contributed by atoms with E-state index in [0.717, 1.165) is 12.8 Å². The summed E-state index contributed by atoms with van der Waals surface area (Å²) in [5.74, 6) is 0.623. The molecule has 1 aromatic carbocycles. The molecule has 0 aliphatic carbocycles. The smallest absolute Gasteiger partial charge is 0.293 e. The highest BCUT2D eigenvalue weighted by atomic mass is 35.5. The minimum Gasteiger partial charge on any atom is -0.334 e. The number of carbonyl (C=O) groups is 1. The van der Waals surface area contributed by atoms with E-state index in [1.807, 2.05) is 13.8 Å². The van der Waals surface area contributed by atoms with E-state index in [9.17, 15) is 4.79 Å². The minimum atomic E-state index is -0.209. The first-order valence-corrected chi connectivity index (χ1v) is 9.10. The van der Waals surface area contributed by atoms with Gasteiger partial charge in [-0.2, -0.15) is 0 Å². The number of likely N-dealkylation sites (tertiary alicyclic amines) is 1. The van der Waals surface area contributed by atoms with Gasteiger partial charge in [0.05, 0.1) is 10.0 Å². The molecular weight excluding hydrogens is 397 g/mol. The average Bonchev–Trinajstić information content (AvgIpc) is 2.99. The molecule has 3 rings (SSSR count). The van der Waals surface area contributed by atoms with E-state index in [2.05, 4.69) is 10.1 Å². The third-order valence-electron chi connectivity index (χ3n) is 4.23. The van der Waals surface area contributed by atoms with Crippen LogP contribution in [0.5, 0.6) is 0 Å². The van der Waals surface area contributed by atoms with Gasteiger partial charge in [-0.25, -0.2) is 9.67 Å². The molecule has 9 heteroatoms. The molecule has 0 saturated carbocycles. The first-order valence-electron chi connectivity index (χ1n) is 8.34. The molecule has 1 amide bonds. The van der Waals surface area contributed by atoms with E-state index in [1.165, 1.54) is 0 Å². The number of rotatable bonds is 3. The summed E-state index contributed by atoms with van der Waals surface area (Å²) in [7, 11) is 0. The molecule has 2 heterocycles. The van der Waals surface area contributed by atoms with Crippen LogP contribution in [-0.4, -0.2) is 44.7 Å². The van der Waals surface area contributed by atoms with Gasteiger partial charge in [-0.05, 0) is 25.0 Å². The van der Waals surface area contributed by atoms with Crippen LogP contribution in [0, 0.1) is 0 Å². The van der Waals surface area contributed by atoms with Gasteiger partial charge in [-0.1, -0.05) is 43.1 Å². The maximum Gasteiger partial charge on any atom is 0.293 e. The van der Waals surface area contributed by atoms with Crippen molar-refractivity contribution in [1.29, 1.82) is 0 Å². The third kappa shape index (κ3) is 4.14. The van der Waals surface area contributed by atoms with Crippen molar-refractivity contribution in [2.75, 3.05) is 13.1 Å². The first kappa shape index (κ1) is 21.0. The second-order valence-corrected chi connectivity index (χ2v) is 7.40. The zero-order chi connectivity index (χ0) is 18.1. The monoisotopic (exact) mass is 417 g/mol. The number of hydrogen-bond donors (Lipinski definition) is 1. The Kier molecular flexibility index (Phi) is 6.91. The molecule has 6 nitrogen and oxygen atoms in total. The Morgan fingerprint density at radius 3 is 2.54 bits per heavy atom. The van der Waals surface area contributed by atoms with E-state index < -0.39 is 0 Å². The van der Waals surface area contributed by atoms with Crippen molar-refractivity contribution < 1.29 is 4.79 Å². The molecule has 1 saturated heterocycles. The lowest BCUT2D eigenvalue weighted by Gasteiger charge is -2.29. The Morgan fingerprint density at radius 1 is 1.31 bits per heavy atom. The van der Waals surface area contributed by atoms with Crippen LogP contribution >= 0.6 is 35.6 Å². The van der Waals surface area contributed by atoms with Crippen LogP contribution in [0.25, 0.3) is 5.69 Å². The van der Waals surface area contributed by atoms with Gasteiger partial charge in [0.1, 0.15) is 11.5 Å². The summed E-state index contributed by atoms with van der Waals surface area (Å²) in [6.45, 7) is 5.16. The predicted molar refractivity (Wildman–Crippen MR) is 106 cm³/mol. The molecular formula is C17H22Cl3N5O. The van der Waals surface area contributed by atoms with Gasteiger partial charge in [0, 0.05) is 25.0 Å². The van der Waals surface area contributed by atoms with Crippen LogP contribution in [0.2, 0.25) is 10.0 Å². The molecule has 0 radical (unpaired) electrons. The zero-order valence-electron chi connectivity index (χ0n) is 14.7. The highest BCUT2D eigenvalue weighted by Gasteiger charge is 2.28. The molecule has 1 unspecified atom stereocenters. The molecule has 1 aliphatic rings. The maximum absolute atomic E-state index is 12.8. The molecule has 2 N–H and O–H groups in total. The summed E-state index contributed by atoms with van der Waals surface area (Å²) in [4.78, 5) is 19.0. The lowest BCUT2D eigenvalue weighted by molar-refractivity contribution is 0.0696. The molecule has 2 aromatic rings. The third-order valence-corrected chi connectivity index (χ3v) is 4.84. The van der Waals surface area contributed by atoms with E-state index in [-0.39, 0.29) is 36.1 Å². The molecule has 26 heavy (non-hydrogen) atoms. The van der Waals surface area contributed by atoms with Gasteiger partial charge in [-0.15, -0.1) is 17.5 Å². The average molecular weight is 419 g/mol. The number of carbonyl (C=O) groups excluding carboxylic acids is 1. The summed E-state index contributed by atoms with van der Waals surface area (Å²) in [5, 5.41) is 5.34. The van der Waals surface area contributed by atoms with Crippen molar-refractivity contribution in [3.8, 4) is 5.69 Å². The SMILES string of the molecule is CC(C)c1nc(C(=O)N2CCCC(N)C2)nn1-c1c(Cl)cccc1Cl.Cl. The Balaban J connectivity index is 0.00000243. The van der Waals surface area contributed by atoms with Gasteiger partial charge in [-0.3, -0.25) is 4.79 Å². The van der Waals surface area contributed by atoms with Crippen LogP contribution in [-0.2, 0) is 0 Å². The van der Waals surface area contributed by atoms with Gasteiger partial charge in [0.2, 0.25) is 5.82 Å². The standard InChI is InChI=1S/C17H21Cl2N5O.ClH/c1-10(2)16-21-15(17(25)23-8-4-5-11(20)9-23)22-24(16)14-12(18)6-3-7-13(14)19;/h3,6-7,10-11H,4-5,8-9,20H2,1-2H3;1H. The molecule has 0 bridgehead atoms. The number of piperidine rings is 1. The maximum atomic E-state index is 12.8. The molecule has 142 valence electrons. The number of nitrogens with zero attached hydrogens (tertiary/aromatic N) is 4. The quantitative estimate of drug-likeness (QED) is 0.825. The van der Waals surface area contributed by atoms with E-state index in [4.69, 9.17) is 28.9 Å². The molecule has 1 aliphatic heterocycles. The lowest BCUT2D eigenvalue weighted by Crippen LogP contribution is -2.46. The van der Waals surface area contributed by atoms with Gasteiger partial charge >= 0.3 is 0 Å². The summed E-state index contributed by atoms with van der Waals surface area (Å²) in [5.41, 5.74) is 6.52. The number of para-hydroxylation sites is 1. The van der Waals surface area contributed by atoms with Crippen molar-refractivity contribution >= 4 is 41.5 Å². The minimum absolute atomic E-state index is 0.